The normalized spacial score (nSPS) is 28.0. The number of ether oxygens (including phenoxy) is 1. The Hall–Kier alpha value is -1.59. The van der Waals surface area contributed by atoms with E-state index in [-0.39, 0.29) is 17.8 Å². The summed E-state index contributed by atoms with van der Waals surface area (Å²) in [6, 6.07) is 0. The first kappa shape index (κ1) is 15.8. The Bertz CT molecular complexity index is 451. The van der Waals surface area contributed by atoms with Crippen LogP contribution in [0.25, 0.3) is 0 Å². The highest BCUT2D eigenvalue weighted by molar-refractivity contribution is 5.91. The van der Waals surface area contributed by atoms with Gasteiger partial charge in [0.25, 0.3) is 0 Å². The van der Waals surface area contributed by atoms with Gasteiger partial charge in [-0.2, -0.15) is 0 Å². The third-order valence-electron chi connectivity index (χ3n) is 4.79. The van der Waals surface area contributed by atoms with Crippen molar-refractivity contribution in [3.05, 3.63) is 0 Å². The summed E-state index contributed by atoms with van der Waals surface area (Å²) in [6.07, 6.45) is 1.19. The minimum Gasteiger partial charge on any atom is -0.481 e. The zero-order valence-electron chi connectivity index (χ0n) is 12.8. The predicted octanol–water partition coefficient (Wildman–Crippen LogP) is 1.14. The van der Waals surface area contributed by atoms with Crippen molar-refractivity contribution in [3.8, 4) is 0 Å². The van der Waals surface area contributed by atoms with Crippen LogP contribution < -0.4 is 0 Å². The Balaban J connectivity index is 1.90. The molecule has 0 aromatic rings. The Morgan fingerprint density at radius 2 is 1.76 bits per heavy atom. The summed E-state index contributed by atoms with van der Waals surface area (Å²) in [5, 5.41) is 9.15. The molecule has 1 saturated carbocycles. The zero-order chi connectivity index (χ0) is 15.8. The number of hydrogen-bond donors (Lipinski definition) is 1. The van der Waals surface area contributed by atoms with Crippen LogP contribution in [0.4, 0.5) is 0 Å². The van der Waals surface area contributed by atoms with E-state index in [2.05, 4.69) is 0 Å². The van der Waals surface area contributed by atoms with Gasteiger partial charge in [-0.05, 0) is 25.2 Å². The van der Waals surface area contributed by atoms with Crippen molar-refractivity contribution in [2.45, 2.75) is 33.6 Å². The van der Waals surface area contributed by atoms with Crippen LogP contribution in [0.15, 0.2) is 0 Å². The summed E-state index contributed by atoms with van der Waals surface area (Å²) in [6.45, 7) is 6.79. The van der Waals surface area contributed by atoms with Crippen molar-refractivity contribution < 1.29 is 24.2 Å². The molecule has 1 aliphatic heterocycles. The van der Waals surface area contributed by atoms with Crippen LogP contribution in [0.2, 0.25) is 0 Å². The topological polar surface area (TPSA) is 83.9 Å². The van der Waals surface area contributed by atoms with Gasteiger partial charge in [0.05, 0.1) is 24.4 Å². The number of carbonyl (C=O) groups is 3. The van der Waals surface area contributed by atoms with Crippen molar-refractivity contribution >= 4 is 17.8 Å². The van der Waals surface area contributed by atoms with Gasteiger partial charge in [0.1, 0.15) is 0 Å². The lowest BCUT2D eigenvalue weighted by molar-refractivity contribution is -0.151. The van der Waals surface area contributed by atoms with E-state index in [4.69, 9.17) is 9.84 Å². The Labute approximate surface area is 124 Å². The lowest BCUT2D eigenvalue weighted by Gasteiger charge is -2.31. The van der Waals surface area contributed by atoms with Crippen molar-refractivity contribution in [2.24, 2.45) is 23.2 Å². The maximum absolute atomic E-state index is 12.4. The van der Waals surface area contributed by atoms with Crippen LogP contribution in [0.3, 0.4) is 0 Å². The molecule has 1 aliphatic carbocycles. The fraction of sp³-hybridized carbons (Fsp3) is 0.800. The molecular formula is C15H23NO5. The number of hydrogen-bond acceptors (Lipinski definition) is 4. The number of nitrogens with zero attached hydrogens (tertiary/aromatic N) is 1. The van der Waals surface area contributed by atoms with Crippen LogP contribution >= 0.6 is 0 Å². The molecule has 0 aromatic heterocycles. The lowest BCUT2D eigenvalue weighted by Crippen LogP contribution is -2.42. The number of carbonyl (C=O) groups excluding carboxylic acids is 2. The minimum absolute atomic E-state index is 0.0882. The van der Waals surface area contributed by atoms with Crippen LogP contribution in [-0.2, 0) is 19.1 Å². The molecule has 0 spiro atoms. The summed E-state index contributed by atoms with van der Waals surface area (Å²) >= 11 is 0. The number of amides is 1. The fourth-order valence-corrected chi connectivity index (χ4v) is 3.35. The molecule has 6 nitrogen and oxygen atoms in total. The second-order valence-electron chi connectivity index (χ2n) is 6.47. The largest absolute Gasteiger partial charge is 0.481 e. The van der Waals surface area contributed by atoms with E-state index in [0.717, 1.165) is 0 Å². The van der Waals surface area contributed by atoms with Gasteiger partial charge in [-0.15, -0.1) is 0 Å². The number of carboxylic acids is 1. The monoisotopic (exact) mass is 297 g/mol. The first-order valence-electron chi connectivity index (χ1n) is 7.49. The SMILES string of the molecule is CCOC(=O)C1CCN(C(=O)[C@@H]2[C@H](C(=O)O)C2(C)C)CC1. The highest BCUT2D eigenvalue weighted by atomic mass is 16.5. The summed E-state index contributed by atoms with van der Waals surface area (Å²) in [7, 11) is 0. The molecular weight excluding hydrogens is 274 g/mol. The lowest BCUT2D eigenvalue weighted by atomic mass is 9.96. The zero-order valence-corrected chi connectivity index (χ0v) is 12.8. The third kappa shape index (κ3) is 2.89. The molecule has 0 radical (unpaired) electrons. The second kappa shape index (κ2) is 5.66. The second-order valence-corrected chi connectivity index (χ2v) is 6.47. The molecule has 1 saturated heterocycles. The van der Waals surface area contributed by atoms with Crippen LogP contribution in [0.5, 0.6) is 0 Å². The van der Waals surface area contributed by atoms with Crippen molar-refractivity contribution in [1.29, 1.82) is 0 Å². The van der Waals surface area contributed by atoms with Gasteiger partial charge >= 0.3 is 11.9 Å². The molecule has 6 heteroatoms. The van der Waals surface area contributed by atoms with Crippen LogP contribution in [0, 0.1) is 23.2 Å². The number of carboxylic acid groups (broad SMARTS) is 1. The summed E-state index contributed by atoms with van der Waals surface area (Å²) < 4.78 is 5.00. The maximum Gasteiger partial charge on any atom is 0.309 e. The van der Waals surface area contributed by atoms with Crippen molar-refractivity contribution in [3.63, 3.8) is 0 Å². The standard InChI is InChI=1S/C15H23NO5/c1-4-21-14(20)9-5-7-16(8-6-9)12(17)10-11(13(18)19)15(10,2)3/h9-11H,4-8H2,1-3H3,(H,18,19)/t10-,11+/m0/s1. The first-order chi connectivity index (χ1) is 9.80. The molecule has 0 bridgehead atoms. The van der Waals surface area contributed by atoms with E-state index in [1.54, 1.807) is 11.8 Å². The van der Waals surface area contributed by atoms with Crippen molar-refractivity contribution in [1.82, 2.24) is 4.90 Å². The molecule has 1 amide bonds. The van der Waals surface area contributed by atoms with Gasteiger partial charge in [-0.1, -0.05) is 13.8 Å². The average Bonchev–Trinajstić information content (AvgIpc) is 3.01. The molecule has 0 aromatic carbocycles. The third-order valence-corrected chi connectivity index (χ3v) is 4.79. The molecule has 2 fully saturated rings. The summed E-state index contributed by atoms with van der Waals surface area (Å²) in [5.74, 6) is -2.35. The predicted molar refractivity (Wildman–Crippen MR) is 74.3 cm³/mol. The minimum atomic E-state index is -0.903. The average molecular weight is 297 g/mol. The van der Waals surface area contributed by atoms with E-state index in [0.29, 0.717) is 32.5 Å². The van der Waals surface area contributed by atoms with E-state index >= 15 is 0 Å². The maximum atomic E-state index is 12.4. The quantitative estimate of drug-likeness (QED) is 0.787. The number of piperidine rings is 1. The number of esters is 1. The molecule has 1 heterocycles. The van der Waals surface area contributed by atoms with Gasteiger partial charge in [-0.3, -0.25) is 14.4 Å². The van der Waals surface area contributed by atoms with Crippen LogP contribution in [0.1, 0.15) is 33.6 Å². The molecule has 118 valence electrons. The summed E-state index contributed by atoms with van der Waals surface area (Å²) in [5.41, 5.74) is -0.471. The number of aliphatic carboxylic acids is 1. The number of likely N-dealkylation sites (tertiary alicyclic amines) is 1. The van der Waals surface area contributed by atoms with E-state index < -0.39 is 23.2 Å². The number of rotatable bonds is 4. The summed E-state index contributed by atoms with van der Waals surface area (Å²) in [4.78, 5) is 37.0. The van der Waals surface area contributed by atoms with Gasteiger partial charge in [0.2, 0.25) is 5.91 Å². The van der Waals surface area contributed by atoms with Gasteiger partial charge in [0.15, 0.2) is 0 Å². The molecule has 2 aliphatic rings. The molecule has 0 unspecified atom stereocenters. The Morgan fingerprint density at radius 3 is 2.19 bits per heavy atom. The molecule has 2 rings (SSSR count). The van der Waals surface area contributed by atoms with E-state index in [1.807, 2.05) is 13.8 Å². The Kier molecular flexibility index (Phi) is 4.25. The highest BCUT2D eigenvalue weighted by Crippen LogP contribution is 2.59. The first-order valence-corrected chi connectivity index (χ1v) is 7.49. The van der Waals surface area contributed by atoms with Gasteiger partial charge in [-0.25, -0.2) is 0 Å². The molecule has 1 N–H and O–H groups in total. The molecule has 21 heavy (non-hydrogen) atoms. The van der Waals surface area contributed by atoms with Crippen molar-refractivity contribution in [2.75, 3.05) is 19.7 Å². The van der Waals surface area contributed by atoms with E-state index in [1.165, 1.54) is 0 Å². The van der Waals surface area contributed by atoms with Gasteiger partial charge < -0.3 is 14.7 Å². The highest BCUT2D eigenvalue weighted by Gasteiger charge is 2.66. The van der Waals surface area contributed by atoms with E-state index in [9.17, 15) is 14.4 Å². The van der Waals surface area contributed by atoms with Crippen LogP contribution in [-0.4, -0.2) is 47.5 Å². The Morgan fingerprint density at radius 1 is 1.19 bits per heavy atom. The van der Waals surface area contributed by atoms with Gasteiger partial charge in [0, 0.05) is 13.1 Å². The fourth-order valence-electron chi connectivity index (χ4n) is 3.35. The smallest absolute Gasteiger partial charge is 0.309 e. The molecule has 2 atom stereocenters.